The smallest absolute Gasteiger partial charge is 0.119 e. The predicted octanol–water partition coefficient (Wildman–Crippen LogP) is 2.63. The standard InChI is InChI=1S/C15H13NO2/c16-9-12-5-7-15(8-6-12)18-11-14-3-1-13(10-17)2-4-14/h1-8,17H,10-11H2. The van der Waals surface area contributed by atoms with Gasteiger partial charge in [0.15, 0.2) is 0 Å². The monoisotopic (exact) mass is 239 g/mol. The molecule has 0 unspecified atom stereocenters. The fourth-order valence-corrected chi connectivity index (χ4v) is 1.53. The van der Waals surface area contributed by atoms with Crippen LogP contribution in [0.15, 0.2) is 48.5 Å². The Morgan fingerprint density at radius 3 is 2.11 bits per heavy atom. The molecule has 2 aromatic carbocycles. The number of ether oxygens (including phenoxy) is 1. The quantitative estimate of drug-likeness (QED) is 0.892. The Hall–Kier alpha value is -2.31. The zero-order valence-electron chi connectivity index (χ0n) is 9.84. The van der Waals surface area contributed by atoms with Gasteiger partial charge in [-0.3, -0.25) is 0 Å². The van der Waals surface area contributed by atoms with Crippen LogP contribution in [0.25, 0.3) is 0 Å². The Labute approximate surface area is 106 Å². The van der Waals surface area contributed by atoms with E-state index in [-0.39, 0.29) is 6.61 Å². The summed E-state index contributed by atoms with van der Waals surface area (Å²) in [6.45, 7) is 0.522. The maximum absolute atomic E-state index is 8.93. The highest BCUT2D eigenvalue weighted by Gasteiger charge is 1.97. The van der Waals surface area contributed by atoms with Gasteiger partial charge in [-0.25, -0.2) is 0 Å². The van der Waals surface area contributed by atoms with E-state index in [4.69, 9.17) is 15.1 Å². The molecule has 2 aromatic rings. The molecular weight excluding hydrogens is 226 g/mol. The fourth-order valence-electron chi connectivity index (χ4n) is 1.53. The molecule has 0 spiro atoms. The van der Waals surface area contributed by atoms with Crippen LogP contribution in [-0.4, -0.2) is 5.11 Å². The Balaban J connectivity index is 1.95. The fraction of sp³-hybridized carbons (Fsp3) is 0.133. The highest BCUT2D eigenvalue weighted by atomic mass is 16.5. The summed E-state index contributed by atoms with van der Waals surface area (Å²) in [5.74, 6) is 0.736. The molecule has 0 amide bonds. The van der Waals surface area contributed by atoms with Gasteiger partial charge in [-0.2, -0.15) is 5.26 Å². The van der Waals surface area contributed by atoms with Crippen LogP contribution in [0.5, 0.6) is 5.75 Å². The third kappa shape index (κ3) is 3.09. The van der Waals surface area contributed by atoms with Crippen molar-refractivity contribution in [2.45, 2.75) is 13.2 Å². The molecule has 3 heteroatoms. The van der Waals surface area contributed by atoms with Crippen molar-refractivity contribution in [2.75, 3.05) is 0 Å². The van der Waals surface area contributed by atoms with Crippen molar-refractivity contribution in [3.63, 3.8) is 0 Å². The molecule has 0 bridgehead atoms. The molecule has 0 aliphatic rings. The molecule has 0 aromatic heterocycles. The lowest BCUT2D eigenvalue weighted by Crippen LogP contribution is -1.95. The molecule has 3 nitrogen and oxygen atoms in total. The van der Waals surface area contributed by atoms with Crippen LogP contribution in [0.2, 0.25) is 0 Å². The summed E-state index contributed by atoms with van der Waals surface area (Å²) in [6, 6.07) is 16.7. The minimum atomic E-state index is 0.0523. The van der Waals surface area contributed by atoms with Crippen molar-refractivity contribution in [2.24, 2.45) is 0 Å². The summed E-state index contributed by atoms with van der Waals surface area (Å²) in [6.07, 6.45) is 0. The van der Waals surface area contributed by atoms with Crippen LogP contribution in [0.3, 0.4) is 0 Å². The SMILES string of the molecule is N#Cc1ccc(OCc2ccc(CO)cc2)cc1. The minimum absolute atomic E-state index is 0.0523. The maximum atomic E-state index is 8.93. The lowest BCUT2D eigenvalue weighted by atomic mass is 10.1. The molecule has 0 radical (unpaired) electrons. The van der Waals surface area contributed by atoms with E-state index in [1.165, 1.54) is 0 Å². The number of aliphatic hydroxyl groups is 1. The number of rotatable bonds is 4. The van der Waals surface area contributed by atoms with E-state index in [2.05, 4.69) is 6.07 Å². The van der Waals surface area contributed by atoms with Gasteiger partial charge >= 0.3 is 0 Å². The first-order chi connectivity index (χ1) is 8.81. The Bertz CT molecular complexity index is 538. The molecule has 0 saturated carbocycles. The van der Waals surface area contributed by atoms with E-state index in [1.54, 1.807) is 24.3 Å². The van der Waals surface area contributed by atoms with Crippen LogP contribution in [0, 0.1) is 11.3 Å². The molecule has 0 heterocycles. The van der Waals surface area contributed by atoms with Crippen molar-refractivity contribution in [3.05, 3.63) is 65.2 Å². The second kappa shape index (κ2) is 5.85. The summed E-state index contributed by atoms with van der Waals surface area (Å²) < 4.78 is 5.59. The highest BCUT2D eigenvalue weighted by molar-refractivity contribution is 5.34. The maximum Gasteiger partial charge on any atom is 0.119 e. The van der Waals surface area contributed by atoms with Gasteiger partial charge in [-0.1, -0.05) is 24.3 Å². The molecule has 2 rings (SSSR count). The molecule has 18 heavy (non-hydrogen) atoms. The molecule has 0 aliphatic carbocycles. The van der Waals surface area contributed by atoms with Gasteiger partial charge in [-0.15, -0.1) is 0 Å². The average Bonchev–Trinajstić information content (AvgIpc) is 2.46. The third-order valence-electron chi connectivity index (χ3n) is 2.59. The lowest BCUT2D eigenvalue weighted by molar-refractivity contribution is 0.281. The van der Waals surface area contributed by atoms with Crippen LogP contribution in [-0.2, 0) is 13.2 Å². The Morgan fingerprint density at radius 2 is 1.56 bits per heavy atom. The summed E-state index contributed by atoms with van der Waals surface area (Å²) in [7, 11) is 0. The average molecular weight is 239 g/mol. The molecule has 0 saturated heterocycles. The molecule has 0 atom stereocenters. The lowest BCUT2D eigenvalue weighted by Gasteiger charge is -2.06. The van der Waals surface area contributed by atoms with E-state index in [9.17, 15) is 0 Å². The Kier molecular flexibility index (Phi) is 3.95. The predicted molar refractivity (Wildman–Crippen MR) is 67.9 cm³/mol. The van der Waals surface area contributed by atoms with E-state index in [0.717, 1.165) is 16.9 Å². The Morgan fingerprint density at radius 1 is 0.944 bits per heavy atom. The first-order valence-corrected chi connectivity index (χ1v) is 5.63. The minimum Gasteiger partial charge on any atom is -0.489 e. The zero-order chi connectivity index (χ0) is 12.8. The van der Waals surface area contributed by atoms with Gasteiger partial charge in [0.05, 0.1) is 18.2 Å². The highest BCUT2D eigenvalue weighted by Crippen LogP contribution is 2.14. The topological polar surface area (TPSA) is 53.2 Å². The van der Waals surface area contributed by atoms with E-state index in [1.807, 2.05) is 24.3 Å². The molecule has 90 valence electrons. The number of nitriles is 1. The molecule has 0 fully saturated rings. The summed E-state index contributed by atoms with van der Waals surface area (Å²) >= 11 is 0. The number of benzene rings is 2. The van der Waals surface area contributed by atoms with Crippen molar-refractivity contribution >= 4 is 0 Å². The summed E-state index contributed by atoms with van der Waals surface area (Å²) in [5, 5.41) is 17.6. The number of nitrogens with zero attached hydrogens (tertiary/aromatic N) is 1. The van der Waals surface area contributed by atoms with Gasteiger partial charge in [0.1, 0.15) is 12.4 Å². The number of hydrogen-bond donors (Lipinski definition) is 1. The van der Waals surface area contributed by atoms with Crippen LogP contribution in [0.4, 0.5) is 0 Å². The van der Waals surface area contributed by atoms with Gasteiger partial charge in [0.2, 0.25) is 0 Å². The van der Waals surface area contributed by atoms with Gasteiger partial charge in [-0.05, 0) is 35.4 Å². The van der Waals surface area contributed by atoms with Crippen LogP contribution in [0.1, 0.15) is 16.7 Å². The summed E-state index contributed by atoms with van der Waals surface area (Å²) in [4.78, 5) is 0. The van der Waals surface area contributed by atoms with Crippen molar-refractivity contribution in [3.8, 4) is 11.8 Å². The second-order valence-corrected chi connectivity index (χ2v) is 3.90. The largest absolute Gasteiger partial charge is 0.489 e. The summed E-state index contributed by atoms with van der Waals surface area (Å²) in [5.41, 5.74) is 2.54. The number of aliphatic hydroxyl groups excluding tert-OH is 1. The third-order valence-corrected chi connectivity index (χ3v) is 2.59. The second-order valence-electron chi connectivity index (χ2n) is 3.90. The van der Waals surface area contributed by atoms with Gasteiger partial charge in [0.25, 0.3) is 0 Å². The van der Waals surface area contributed by atoms with Gasteiger partial charge in [0, 0.05) is 0 Å². The van der Waals surface area contributed by atoms with Gasteiger partial charge < -0.3 is 9.84 Å². The first kappa shape index (κ1) is 12.2. The molecule has 1 N–H and O–H groups in total. The molecular formula is C15H13NO2. The van der Waals surface area contributed by atoms with E-state index >= 15 is 0 Å². The first-order valence-electron chi connectivity index (χ1n) is 5.63. The normalized spacial score (nSPS) is 9.78. The van der Waals surface area contributed by atoms with E-state index in [0.29, 0.717) is 12.2 Å². The van der Waals surface area contributed by atoms with E-state index < -0.39 is 0 Å². The van der Waals surface area contributed by atoms with Crippen molar-refractivity contribution in [1.82, 2.24) is 0 Å². The zero-order valence-corrected chi connectivity index (χ0v) is 9.84. The van der Waals surface area contributed by atoms with Crippen LogP contribution >= 0.6 is 0 Å². The van der Waals surface area contributed by atoms with Crippen molar-refractivity contribution in [1.29, 1.82) is 5.26 Å². The van der Waals surface area contributed by atoms with Crippen molar-refractivity contribution < 1.29 is 9.84 Å². The van der Waals surface area contributed by atoms with Crippen LogP contribution < -0.4 is 4.74 Å². The number of hydrogen-bond acceptors (Lipinski definition) is 3. The molecule has 0 aliphatic heterocycles.